The molecule has 0 unspecified atom stereocenters. The third kappa shape index (κ3) is 3.13. The summed E-state index contributed by atoms with van der Waals surface area (Å²) in [6, 6.07) is 16.5. The second-order valence-corrected chi connectivity index (χ2v) is 7.93. The first-order valence-electron chi connectivity index (χ1n) is 8.73. The van der Waals surface area contributed by atoms with Gasteiger partial charge in [0.05, 0.1) is 11.3 Å². The average Bonchev–Trinajstić information content (AvgIpc) is 3.26. The third-order valence-corrected chi connectivity index (χ3v) is 5.78. The molecule has 3 aromatic rings. The number of halogens is 1. The fraction of sp³-hybridized carbons (Fsp3) is 0.0909. The molecule has 1 N–H and O–H groups in total. The van der Waals surface area contributed by atoms with Crippen molar-refractivity contribution in [2.75, 3.05) is 10.2 Å². The number of amides is 2. The Morgan fingerprint density at radius 1 is 0.929 bits per heavy atom. The van der Waals surface area contributed by atoms with Crippen molar-refractivity contribution in [1.29, 1.82) is 0 Å². The lowest BCUT2D eigenvalue weighted by Crippen LogP contribution is -2.33. The second kappa shape index (κ2) is 7.26. The van der Waals surface area contributed by atoms with Gasteiger partial charge >= 0.3 is 0 Å². The van der Waals surface area contributed by atoms with Crippen molar-refractivity contribution in [2.45, 2.75) is 13.8 Å². The zero-order valence-corrected chi connectivity index (χ0v) is 16.9. The summed E-state index contributed by atoms with van der Waals surface area (Å²) in [4.78, 5) is 28.6. The van der Waals surface area contributed by atoms with E-state index >= 15 is 0 Å². The van der Waals surface area contributed by atoms with Crippen LogP contribution in [0.25, 0.3) is 5.57 Å². The Morgan fingerprint density at radius 2 is 1.71 bits per heavy atom. The summed E-state index contributed by atoms with van der Waals surface area (Å²) in [5.41, 5.74) is 3.75. The van der Waals surface area contributed by atoms with Crippen LogP contribution in [0.5, 0.6) is 0 Å². The van der Waals surface area contributed by atoms with Crippen LogP contribution < -0.4 is 10.2 Å². The Hall–Kier alpha value is -2.89. The lowest BCUT2D eigenvalue weighted by atomic mass is 10.1. The number of anilines is 2. The maximum absolute atomic E-state index is 13.3. The molecule has 0 saturated carbocycles. The molecule has 1 aliphatic rings. The van der Waals surface area contributed by atoms with Crippen molar-refractivity contribution in [2.24, 2.45) is 0 Å². The minimum absolute atomic E-state index is 0.279. The number of para-hydroxylation sites is 1. The molecule has 4 rings (SSSR count). The highest BCUT2D eigenvalue weighted by Crippen LogP contribution is 2.37. The number of hydrogen-bond donors (Lipinski definition) is 1. The van der Waals surface area contributed by atoms with E-state index in [1.165, 1.54) is 16.2 Å². The molecule has 0 spiro atoms. The normalized spacial score (nSPS) is 14.2. The lowest BCUT2D eigenvalue weighted by molar-refractivity contribution is -0.120. The molecule has 1 aromatic heterocycles. The van der Waals surface area contributed by atoms with E-state index in [4.69, 9.17) is 11.6 Å². The zero-order chi connectivity index (χ0) is 19.8. The number of rotatable bonds is 4. The zero-order valence-electron chi connectivity index (χ0n) is 15.3. The number of benzene rings is 2. The van der Waals surface area contributed by atoms with Crippen LogP contribution in [0.1, 0.15) is 16.0 Å². The van der Waals surface area contributed by atoms with Crippen LogP contribution in [-0.2, 0) is 9.59 Å². The summed E-state index contributed by atoms with van der Waals surface area (Å²) in [6.45, 7) is 3.79. The standard InChI is InChI=1S/C22H17ClN2O2S/c1-13-6-3-4-7-17(13)25-21(26)19(18-8-5-11-28-18)20(22(25)27)24-16-10-9-15(23)12-14(16)2/h3-12,24H,1-2H3. The van der Waals surface area contributed by atoms with E-state index < -0.39 is 0 Å². The largest absolute Gasteiger partial charge is 0.350 e. The van der Waals surface area contributed by atoms with Crippen molar-refractivity contribution in [3.05, 3.63) is 86.7 Å². The van der Waals surface area contributed by atoms with E-state index in [1.807, 2.05) is 61.7 Å². The van der Waals surface area contributed by atoms with Gasteiger partial charge in [-0.05, 0) is 60.7 Å². The van der Waals surface area contributed by atoms with Crippen LogP contribution >= 0.6 is 22.9 Å². The molecule has 2 heterocycles. The predicted octanol–water partition coefficient (Wildman–Crippen LogP) is 5.41. The Labute approximate surface area is 172 Å². The molecule has 28 heavy (non-hydrogen) atoms. The number of nitrogens with zero attached hydrogens (tertiary/aromatic N) is 1. The van der Waals surface area contributed by atoms with E-state index in [2.05, 4.69) is 5.32 Å². The fourth-order valence-electron chi connectivity index (χ4n) is 3.23. The quantitative estimate of drug-likeness (QED) is 0.587. The van der Waals surface area contributed by atoms with E-state index in [9.17, 15) is 9.59 Å². The van der Waals surface area contributed by atoms with Gasteiger partial charge in [-0.2, -0.15) is 0 Å². The van der Waals surface area contributed by atoms with Gasteiger partial charge in [-0.3, -0.25) is 9.59 Å². The molecule has 2 aromatic carbocycles. The van der Waals surface area contributed by atoms with Crippen LogP contribution in [0, 0.1) is 13.8 Å². The Morgan fingerprint density at radius 3 is 2.39 bits per heavy atom. The number of nitrogens with one attached hydrogen (secondary N) is 1. The number of thiophene rings is 1. The molecule has 0 aliphatic carbocycles. The second-order valence-electron chi connectivity index (χ2n) is 6.54. The number of hydrogen-bond acceptors (Lipinski definition) is 4. The van der Waals surface area contributed by atoms with Gasteiger partial charge in [-0.25, -0.2) is 4.90 Å². The SMILES string of the molecule is Cc1cc(Cl)ccc1NC1=C(c2cccs2)C(=O)N(c2ccccc2C)C1=O. The van der Waals surface area contributed by atoms with Crippen LogP contribution in [0.3, 0.4) is 0 Å². The summed E-state index contributed by atoms with van der Waals surface area (Å²) in [6.07, 6.45) is 0. The number of carbonyl (C=O) groups excluding carboxylic acids is 2. The third-order valence-electron chi connectivity index (χ3n) is 4.66. The van der Waals surface area contributed by atoms with Gasteiger partial charge in [-0.1, -0.05) is 35.9 Å². The molecule has 0 radical (unpaired) electrons. The number of aryl methyl sites for hydroxylation is 2. The molecular formula is C22H17ClN2O2S. The summed E-state index contributed by atoms with van der Waals surface area (Å²) in [5.74, 6) is -0.687. The fourth-order valence-corrected chi connectivity index (χ4v) is 4.22. The Kier molecular flexibility index (Phi) is 4.79. The smallest absolute Gasteiger partial charge is 0.282 e. The molecule has 0 saturated heterocycles. The van der Waals surface area contributed by atoms with Crippen molar-refractivity contribution >= 4 is 51.7 Å². The summed E-state index contributed by atoms with van der Waals surface area (Å²) >= 11 is 7.48. The van der Waals surface area contributed by atoms with Crippen molar-refractivity contribution < 1.29 is 9.59 Å². The first-order valence-corrected chi connectivity index (χ1v) is 9.99. The van der Waals surface area contributed by atoms with Gasteiger partial charge in [0.2, 0.25) is 0 Å². The highest BCUT2D eigenvalue weighted by Gasteiger charge is 2.41. The topological polar surface area (TPSA) is 49.4 Å². The lowest BCUT2D eigenvalue weighted by Gasteiger charge is -2.17. The van der Waals surface area contributed by atoms with Crippen molar-refractivity contribution in [3.8, 4) is 0 Å². The van der Waals surface area contributed by atoms with Gasteiger partial charge in [0, 0.05) is 15.6 Å². The van der Waals surface area contributed by atoms with E-state index in [0.29, 0.717) is 16.3 Å². The highest BCUT2D eigenvalue weighted by molar-refractivity contribution is 7.11. The number of imide groups is 1. The van der Waals surface area contributed by atoms with E-state index in [-0.39, 0.29) is 17.5 Å². The van der Waals surface area contributed by atoms with Crippen molar-refractivity contribution in [1.82, 2.24) is 0 Å². The maximum atomic E-state index is 13.3. The molecule has 0 bridgehead atoms. The molecule has 6 heteroatoms. The summed E-state index contributed by atoms with van der Waals surface area (Å²) in [7, 11) is 0. The summed E-state index contributed by atoms with van der Waals surface area (Å²) < 4.78 is 0. The maximum Gasteiger partial charge on any atom is 0.282 e. The van der Waals surface area contributed by atoms with Crippen LogP contribution in [0.15, 0.2) is 65.7 Å². The van der Waals surface area contributed by atoms with Gasteiger partial charge in [0.1, 0.15) is 5.70 Å². The highest BCUT2D eigenvalue weighted by atomic mass is 35.5. The van der Waals surface area contributed by atoms with Gasteiger partial charge in [0.25, 0.3) is 11.8 Å². The summed E-state index contributed by atoms with van der Waals surface area (Å²) in [5, 5.41) is 5.70. The Bertz CT molecular complexity index is 1120. The molecule has 1 aliphatic heterocycles. The van der Waals surface area contributed by atoms with Crippen molar-refractivity contribution in [3.63, 3.8) is 0 Å². The van der Waals surface area contributed by atoms with Crippen LogP contribution in [0.4, 0.5) is 11.4 Å². The molecule has 0 fully saturated rings. The molecule has 0 atom stereocenters. The first-order chi connectivity index (χ1) is 13.5. The van der Waals surface area contributed by atoms with Gasteiger partial charge in [0.15, 0.2) is 0 Å². The van der Waals surface area contributed by atoms with Crippen LogP contribution in [0.2, 0.25) is 5.02 Å². The van der Waals surface area contributed by atoms with E-state index in [1.54, 1.807) is 12.1 Å². The first kappa shape index (κ1) is 18.5. The monoisotopic (exact) mass is 408 g/mol. The van der Waals surface area contributed by atoms with Crippen LogP contribution in [-0.4, -0.2) is 11.8 Å². The average molecular weight is 409 g/mol. The molecule has 2 amide bonds. The molecular weight excluding hydrogens is 392 g/mol. The van der Waals surface area contributed by atoms with E-state index in [0.717, 1.165) is 21.7 Å². The Balaban J connectivity index is 1.83. The molecule has 140 valence electrons. The predicted molar refractivity (Wildman–Crippen MR) is 115 cm³/mol. The number of carbonyl (C=O) groups is 2. The minimum atomic E-state index is -0.364. The molecule has 4 nitrogen and oxygen atoms in total. The van der Waals surface area contributed by atoms with Gasteiger partial charge < -0.3 is 5.32 Å². The van der Waals surface area contributed by atoms with Gasteiger partial charge in [-0.15, -0.1) is 11.3 Å². The minimum Gasteiger partial charge on any atom is -0.350 e.